The van der Waals surface area contributed by atoms with Crippen molar-refractivity contribution in [3.63, 3.8) is 0 Å². The summed E-state index contributed by atoms with van der Waals surface area (Å²) in [6.45, 7) is 1.10. The van der Waals surface area contributed by atoms with Crippen molar-refractivity contribution in [2.75, 3.05) is 0 Å². The molecule has 47 valence electrons. The van der Waals surface area contributed by atoms with E-state index in [1.54, 1.807) is 0 Å². The van der Waals surface area contributed by atoms with Gasteiger partial charge in [-0.1, -0.05) is 0 Å². The van der Waals surface area contributed by atoms with Gasteiger partial charge in [-0.3, -0.25) is 4.68 Å². The minimum atomic E-state index is 0.915. The fraction of sp³-hybridized carbons (Fsp3) is 0.571. The van der Waals surface area contributed by atoms with Crippen molar-refractivity contribution in [2.24, 2.45) is 5.92 Å². The lowest BCUT2D eigenvalue weighted by atomic mass is 10.4. The summed E-state index contributed by atoms with van der Waals surface area (Å²) in [6, 6.07) is 1.85. The standard InChI is InChI=1S/C7H9N2/c1-4-8-9(5-1)6-7-2-3-7/h1,5,7H,2-3,6H2. The van der Waals surface area contributed by atoms with Crippen molar-refractivity contribution in [1.29, 1.82) is 0 Å². The number of nitrogens with zero attached hydrogens (tertiary/aromatic N) is 2. The van der Waals surface area contributed by atoms with E-state index < -0.39 is 0 Å². The van der Waals surface area contributed by atoms with Crippen LogP contribution in [0.4, 0.5) is 0 Å². The Hall–Kier alpha value is -0.790. The van der Waals surface area contributed by atoms with Gasteiger partial charge >= 0.3 is 0 Å². The van der Waals surface area contributed by atoms with E-state index in [0.717, 1.165) is 12.5 Å². The minimum absolute atomic E-state index is 0.915. The number of aromatic nitrogens is 2. The Kier molecular flexibility index (Phi) is 1.04. The lowest BCUT2D eigenvalue weighted by Gasteiger charge is -1.94. The number of hydrogen-bond donors (Lipinski definition) is 0. The summed E-state index contributed by atoms with van der Waals surface area (Å²) in [6.07, 6.45) is 7.52. The molecule has 0 aliphatic heterocycles. The molecular formula is C7H9N2. The molecule has 0 spiro atoms. The summed E-state index contributed by atoms with van der Waals surface area (Å²) in [5.41, 5.74) is 0. The second-order valence-electron chi connectivity index (χ2n) is 2.61. The van der Waals surface area contributed by atoms with E-state index >= 15 is 0 Å². The van der Waals surface area contributed by atoms with Crippen molar-refractivity contribution in [2.45, 2.75) is 19.4 Å². The van der Waals surface area contributed by atoms with E-state index in [1.807, 2.05) is 16.9 Å². The molecule has 0 saturated heterocycles. The van der Waals surface area contributed by atoms with E-state index in [9.17, 15) is 0 Å². The van der Waals surface area contributed by atoms with Crippen molar-refractivity contribution in [3.05, 3.63) is 18.5 Å². The van der Waals surface area contributed by atoms with E-state index in [0.29, 0.717) is 0 Å². The van der Waals surface area contributed by atoms with Gasteiger partial charge in [0.15, 0.2) is 0 Å². The van der Waals surface area contributed by atoms with Crippen LogP contribution in [-0.4, -0.2) is 9.78 Å². The molecule has 0 atom stereocenters. The third-order valence-electron chi connectivity index (χ3n) is 1.65. The normalized spacial score (nSPS) is 18.2. The monoisotopic (exact) mass is 121 g/mol. The first-order chi connectivity index (χ1) is 4.45. The highest BCUT2D eigenvalue weighted by Crippen LogP contribution is 2.29. The molecule has 2 heteroatoms. The van der Waals surface area contributed by atoms with Crippen molar-refractivity contribution >= 4 is 0 Å². The third-order valence-corrected chi connectivity index (χ3v) is 1.65. The maximum absolute atomic E-state index is 3.99. The van der Waals surface area contributed by atoms with Gasteiger partial charge in [-0.15, -0.1) is 0 Å². The molecule has 0 unspecified atom stereocenters. The van der Waals surface area contributed by atoms with Crippen LogP contribution in [0.25, 0.3) is 0 Å². The molecule has 0 amide bonds. The predicted molar refractivity (Wildman–Crippen MR) is 33.8 cm³/mol. The van der Waals surface area contributed by atoms with Crippen LogP contribution in [0.5, 0.6) is 0 Å². The molecule has 1 radical (unpaired) electrons. The van der Waals surface area contributed by atoms with E-state index in [2.05, 4.69) is 11.3 Å². The van der Waals surface area contributed by atoms with E-state index in [1.165, 1.54) is 12.8 Å². The molecule has 0 aromatic carbocycles. The van der Waals surface area contributed by atoms with Gasteiger partial charge in [-0.05, 0) is 24.8 Å². The quantitative estimate of drug-likeness (QED) is 0.572. The number of rotatable bonds is 2. The molecule has 9 heavy (non-hydrogen) atoms. The molecule has 2 nitrogen and oxygen atoms in total. The smallest absolute Gasteiger partial charge is 0.113 e. The highest BCUT2D eigenvalue weighted by molar-refractivity contribution is 4.79. The largest absolute Gasteiger partial charge is 0.272 e. The molecule has 1 aromatic rings. The fourth-order valence-corrected chi connectivity index (χ4v) is 0.927. The lowest BCUT2D eigenvalue weighted by Crippen LogP contribution is -1.98. The van der Waals surface area contributed by atoms with Gasteiger partial charge < -0.3 is 0 Å². The first-order valence-corrected chi connectivity index (χ1v) is 3.34. The van der Waals surface area contributed by atoms with Gasteiger partial charge in [0, 0.05) is 12.7 Å². The van der Waals surface area contributed by atoms with Crippen molar-refractivity contribution in [1.82, 2.24) is 9.78 Å². The zero-order valence-corrected chi connectivity index (χ0v) is 5.25. The second-order valence-corrected chi connectivity index (χ2v) is 2.61. The van der Waals surface area contributed by atoms with Gasteiger partial charge in [0.2, 0.25) is 0 Å². The summed E-state index contributed by atoms with van der Waals surface area (Å²) in [4.78, 5) is 0. The highest BCUT2D eigenvalue weighted by Gasteiger charge is 2.21. The summed E-state index contributed by atoms with van der Waals surface area (Å²) >= 11 is 0. The molecule has 1 heterocycles. The second kappa shape index (κ2) is 1.87. The molecule has 2 rings (SSSR count). The van der Waals surface area contributed by atoms with Gasteiger partial charge in [0.1, 0.15) is 6.20 Å². The van der Waals surface area contributed by atoms with Crippen LogP contribution < -0.4 is 0 Å². The third kappa shape index (κ3) is 1.12. The lowest BCUT2D eigenvalue weighted by molar-refractivity contribution is 0.562. The van der Waals surface area contributed by atoms with Crippen LogP contribution in [0.3, 0.4) is 0 Å². The molecule has 1 aromatic heterocycles. The Balaban J connectivity index is 1.99. The molecule has 0 N–H and O–H groups in total. The number of hydrogen-bond acceptors (Lipinski definition) is 1. The summed E-state index contributed by atoms with van der Waals surface area (Å²) in [5, 5.41) is 3.99. The zero-order valence-electron chi connectivity index (χ0n) is 5.25. The van der Waals surface area contributed by atoms with Crippen LogP contribution in [-0.2, 0) is 6.54 Å². The van der Waals surface area contributed by atoms with Crippen molar-refractivity contribution in [3.8, 4) is 0 Å². The Labute approximate surface area is 54.5 Å². The Morgan fingerprint density at radius 1 is 1.67 bits per heavy atom. The average molecular weight is 121 g/mol. The van der Waals surface area contributed by atoms with Gasteiger partial charge in [0.25, 0.3) is 0 Å². The summed E-state index contributed by atoms with van der Waals surface area (Å²) in [5.74, 6) is 0.915. The van der Waals surface area contributed by atoms with Crippen LogP contribution in [0, 0.1) is 12.1 Å². The highest BCUT2D eigenvalue weighted by atomic mass is 15.3. The minimum Gasteiger partial charge on any atom is -0.272 e. The van der Waals surface area contributed by atoms with Gasteiger partial charge in [-0.25, -0.2) is 0 Å². The summed E-state index contributed by atoms with van der Waals surface area (Å²) < 4.78 is 1.96. The molecule has 0 bridgehead atoms. The van der Waals surface area contributed by atoms with Crippen LogP contribution in [0.15, 0.2) is 12.3 Å². The SMILES string of the molecule is [c]1ccn(CC2CC2)n1. The Bertz CT molecular complexity index is 175. The topological polar surface area (TPSA) is 17.8 Å². The molecule has 1 saturated carbocycles. The fourth-order valence-electron chi connectivity index (χ4n) is 0.927. The molecular weight excluding hydrogens is 112 g/mol. The van der Waals surface area contributed by atoms with Crippen LogP contribution in [0.2, 0.25) is 0 Å². The first kappa shape index (κ1) is 5.03. The maximum atomic E-state index is 3.99. The predicted octanol–water partition coefficient (Wildman–Crippen LogP) is 1.09. The van der Waals surface area contributed by atoms with Crippen LogP contribution in [0.1, 0.15) is 12.8 Å². The zero-order chi connectivity index (χ0) is 6.10. The summed E-state index contributed by atoms with van der Waals surface area (Å²) in [7, 11) is 0. The Morgan fingerprint density at radius 3 is 3.11 bits per heavy atom. The maximum Gasteiger partial charge on any atom is 0.113 e. The van der Waals surface area contributed by atoms with Gasteiger partial charge in [-0.2, -0.15) is 5.10 Å². The molecule has 1 fully saturated rings. The van der Waals surface area contributed by atoms with E-state index in [4.69, 9.17) is 0 Å². The molecule has 1 aliphatic rings. The average Bonchev–Trinajstić information content (AvgIpc) is 2.46. The van der Waals surface area contributed by atoms with Crippen molar-refractivity contribution < 1.29 is 0 Å². The molecule has 1 aliphatic carbocycles. The van der Waals surface area contributed by atoms with E-state index in [-0.39, 0.29) is 0 Å². The van der Waals surface area contributed by atoms with Crippen LogP contribution >= 0.6 is 0 Å². The first-order valence-electron chi connectivity index (χ1n) is 3.34. The Morgan fingerprint density at radius 2 is 2.56 bits per heavy atom. The van der Waals surface area contributed by atoms with Gasteiger partial charge in [0.05, 0.1) is 0 Å².